The second-order valence-electron chi connectivity index (χ2n) is 5.52. The molecule has 1 aliphatic heterocycles. The SMILES string of the molecule is COc1ccc(-n2cncc2C2(C)CCNCC2)cn1. The molecule has 3 rings (SSSR count). The number of rotatable bonds is 3. The van der Waals surface area contributed by atoms with Gasteiger partial charge in [-0.3, -0.25) is 0 Å². The number of ether oxygens (including phenoxy) is 1. The summed E-state index contributed by atoms with van der Waals surface area (Å²) in [7, 11) is 1.63. The molecule has 0 amide bonds. The molecule has 1 fully saturated rings. The molecule has 0 aromatic carbocycles. The van der Waals surface area contributed by atoms with Gasteiger partial charge in [0.1, 0.15) is 0 Å². The van der Waals surface area contributed by atoms with Crippen molar-refractivity contribution in [3.63, 3.8) is 0 Å². The van der Waals surface area contributed by atoms with Crippen molar-refractivity contribution in [1.29, 1.82) is 0 Å². The quantitative estimate of drug-likeness (QED) is 0.927. The first-order chi connectivity index (χ1) is 9.73. The first-order valence-electron chi connectivity index (χ1n) is 6.97. The third-order valence-corrected chi connectivity index (χ3v) is 4.17. The van der Waals surface area contributed by atoms with E-state index in [1.807, 2.05) is 30.9 Å². The number of methoxy groups -OCH3 is 1. The molecule has 5 heteroatoms. The molecule has 2 aromatic heterocycles. The molecule has 0 saturated carbocycles. The van der Waals surface area contributed by atoms with Crippen LogP contribution in [0.2, 0.25) is 0 Å². The highest BCUT2D eigenvalue weighted by atomic mass is 16.5. The van der Waals surface area contributed by atoms with Crippen molar-refractivity contribution in [2.45, 2.75) is 25.2 Å². The molecule has 2 aromatic rings. The van der Waals surface area contributed by atoms with Gasteiger partial charge in [0.2, 0.25) is 5.88 Å². The molecule has 0 radical (unpaired) electrons. The fraction of sp³-hybridized carbons (Fsp3) is 0.467. The number of nitrogens with zero attached hydrogens (tertiary/aromatic N) is 3. The Morgan fingerprint density at radius 3 is 2.70 bits per heavy atom. The summed E-state index contributed by atoms with van der Waals surface area (Å²) in [4.78, 5) is 8.62. The largest absolute Gasteiger partial charge is 0.481 e. The van der Waals surface area contributed by atoms with Crippen LogP contribution in [0, 0.1) is 0 Å². The fourth-order valence-corrected chi connectivity index (χ4v) is 2.82. The van der Waals surface area contributed by atoms with Crippen LogP contribution in [0.5, 0.6) is 5.88 Å². The molecular weight excluding hydrogens is 252 g/mol. The van der Waals surface area contributed by atoms with Gasteiger partial charge in [-0.2, -0.15) is 0 Å². The summed E-state index contributed by atoms with van der Waals surface area (Å²) in [6.45, 7) is 4.43. The summed E-state index contributed by atoms with van der Waals surface area (Å²) in [5.41, 5.74) is 2.45. The monoisotopic (exact) mass is 272 g/mol. The van der Waals surface area contributed by atoms with E-state index in [2.05, 4.69) is 26.8 Å². The smallest absolute Gasteiger partial charge is 0.213 e. The van der Waals surface area contributed by atoms with Gasteiger partial charge in [0.25, 0.3) is 0 Å². The summed E-state index contributed by atoms with van der Waals surface area (Å²) in [5, 5.41) is 3.42. The summed E-state index contributed by atoms with van der Waals surface area (Å²) in [5.74, 6) is 0.628. The molecular formula is C15H20N4O. The van der Waals surface area contributed by atoms with E-state index < -0.39 is 0 Å². The van der Waals surface area contributed by atoms with E-state index in [1.54, 1.807) is 7.11 Å². The first kappa shape index (κ1) is 13.1. The molecule has 0 spiro atoms. The predicted molar refractivity (Wildman–Crippen MR) is 77.4 cm³/mol. The van der Waals surface area contributed by atoms with Crippen molar-refractivity contribution in [3.8, 4) is 11.6 Å². The third-order valence-electron chi connectivity index (χ3n) is 4.17. The molecule has 106 valence electrons. The van der Waals surface area contributed by atoms with Crippen LogP contribution >= 0.6 is 0 Å². The number of hydrogen-bond acceptors (Lipinski definition) is 4. The summed E-state index contributed by atoms with van der Waals surface area (Å²) >= 11 is 0. The van der Waals surface area contributed by atoms with Crippen LogP contribution in [0.1, 0.15) is 25.5 Å². The van der Waals surface area contributed by atoms with Gasteiger partial charge >= 0.3 is 0 Å². The average molecular weight is 272 g/mol. The second kappa shape index (κ2) is 5.25. The van der Waals surface area contributed by atoms with Crippen molar-refractivity contribution >= 4 is 0 Å². The van der Waals surface area contributed by atoms with Crippen molar-refractivity contribution in [3.05, 3.63) is 36.5 Å². The Labute approximate surface area is 119 Å². The molecule has 0 atom stereocenters. The summed E-state index contributed by atoms with van der Waals surface area (Å²) in [6.07, 6.45) is 7.93. The van der Waals surface area contributed by atoms with Crippen molar-refractivity contribution in [1.82, 2.24) is 19.9 Å². The van der Waals surface area contributed by atoms with Gasteiger partial charge in [-0.15, -0.1) is 0 Å². The number of hydrogen-bond donors (Lipinski definition) is 1. The van der Waals surface area contributed by atoms with Gasteiger partial charge < -0.3 is 14.6 Å². The van der Waals surface area contributed by atoms with Gasteiger partial charge in [-0.25, -0.2) is 9.97 Å². The Morgan fingerprint density at radius 1 is 1.25 bits per heavy atom. The lowest BCUT2D eigenvalue weighted by Gasteiger charge is -2.34. The minimum atomic E-state index is 0.168. The number of aromatic nitrogens is 3. The van der Waals surface area contributed by atoms with Crippen LogP contribution in [0.25, 0.3) is 5.69 Å². The zero-order chi connectivity index (χ0) is 14.0. The topological polar surface area (TPSA) is 52.0 Å². The van der Waals surface area contributed by atoms with Crippen LogP contribution in [0.4, 0.5) is 0 Å². The number of imidazole rings is 1. The van der Waals surface area contributed by atoms with Crippen LogP contribution in [-0.2, 0) is 5.41 Å². The Kier molecular flexibility index (Phi) is 3.44. The van der Waals surface area contributed by atoms with E-state index in [1.165, 1.54) is 5.69 Å². The Hall–Kier alpha value is -1.88. The molecule has 0 unspecified atom stereocenters. The van der Waals surface area contributed by atoms with Gasteiger partial charge in [0, 0.05) is 23.4 Å². The van der Waals surface area contributed by atoms with E-state index in [9.17, 15) is 0 Å². The Balaban J connectivity index is 1.96. The molecule has 20 heavy (non-hydrogen) atoms. The van der Waals surface area contributed by atoms with E-state index in [0.717, 1.165) is 31.6 Å². The normalized spacial score (nSPS) is 17.9. The van der Waals surface area contributed by atoms with Gasteiger partial charge in [-0.1, -0.05) is 6.92 Å². The lowest BCUT2D eigenvalue weighted by molar-refractivity contribution is 0.324. The van der Waals surface area contributed by atoms with Crippen molar-refractivity contribution < 1.29 is 4.74 Å². The second-order valence-corrected chi connectivity index (χ2v) is 5.52. The molecule has 1 N–H and O–H groups in total. The van der Waals surface area contributed by atoms with Gasteiger partial charge in [0.05, 0.1) is 25.3 Å². The van der Waals surface area contributed by atoms with Crippen LogP contribution in [0.3, 0.4) is 0 Å². The van der Waals surface area contributed by atoms with E-state index in [4.69, 9.17) is 4.74 Å². The molecule has 0 aliphatic carbocycles. The highest BCUT2D eigenvalue weighted by Gasteiger charge is 2.31. The van der Waals surface area contributed by atoms with Crippen molar-refractivity contribution in [2.75, 3.05) is 20.2 Å². The predicted octanol–water partition coefficient (Wildman–Crippen LogP) is 1.92. The molecule has 3 heterocycles. The highest BCUT2D eigenvalue weighted by Crippen LogP contribution is 2.33. The lowest BCUT2D eigenvalue weighted by atomic mass is 9.78. The molecule has 5 nitrogen and oxygen atoms in total. The van der Waals surface area contributed by atoms with Crippen LogP contribution in [-0.4, -0.2) is 34.7 Å². The Bertz CT molecular complexity index is 570. The molecule has 1 saturated heterocycles. The van der Waals surface area contributed by atoms with E-state index in [-0.39, 0.29) is 5.41 Å². The molecule has 0 bridgehead atoms. The Morgan fingerprint density at radius 2 is 2.05 bits per heavy atom. The first-order valence-corrected chi connectivity index (χ1v) is 6.97. The van der Waals surface area contributed by atoms with Crippen LogP contribution < -0.4 is 10.1 Å². The fourth-order valence-electron chi connectivity index (χ4n) is 2.82. The van der Waals surface area contributed by atoms with E-state index >= 15 is 0 Å². The minimum absolute atomic E-state index is 0.168. The van der Waals surface area contributed by atoms with Gasteiger partial charge in [-0.05, 0) is 32.0 Å². The maximum atomic E-state index is 5.11. The zero-order valence-corrected chi connectivity index (χ0v) is 12.0. The maximum Gasteiger partial charge on any atom is 0.213 e. The highest BCUT2D eigenvalue weighted by molar-refractivity contribution is 5.35. The molecule has 1 aliphatic rings. The minimum Gasteiger partial charge on any atom is -0.481 e. The average Bonchev–Trinajstić information content (AvgIpc) is 2.98. The standard InChI is InChI=1S/C15H20N4O/c1-15(5-7-16-8-6-15)13-10-17-11-19(13)12-3-4-14(20-2)18-9-12/h3-4,9-11,16H,5-8H2,1-2H3. The summed E-state index contributed by atoms with van der Waals surface area (Å²) < 4.78 is 7.25. The van der Waals surface area contributed by atoms with E-state index in [0.29, 0.717) is 5.88 Å². The number of nitrogens with one attached hydrogen (secondary N) is 1. The van der Waals surface area contributed by atoms with Gasteiger partial charge in [0.15, 0.2) is 0 Å². The lowest BCUT2D eigenvalue weighted by Crippen LogP contribution is -2.38. The summed E-state index contributed by atoms with van der Waals surface area (Å²) in [6, 6.07) is 3.89. The number of piperidine rings is 1. The number of pyridine rings is 1. The third kappa shape index (κ3) is 2.29. The zero-order valence-electron chi connectivity index (χ0n) is 12.0. The maximum absolute atomic E-state index is 5.11. The van der Waals surface area contributed by atoms with Crippen molar-refractivity contribution in [2.24, 2.45) is 0 Å². The van der Waals surface area contributed by atoms with Crippen LogP contribution in [0.15, 0.2) is 30.9 Å².